The summed E-state index contributed by atoms with van der Waals surface area (Å²) in [5.41, 5.74) is -1.24. The Bertz CT molecular complexity index is 301. The monoisotopic (exact) mass is 231 g/mol. The van der Waals surface area contributed by atoms with E-state index in [-0.39, 0.29) is 0 Å². The molecule has 0 heterocycles. The lowest BCUT2D eigenvalue weighted by atomic mass is 10.0. The number of carboxylic acid groups (broad SMARTS) is 1. The second-order valence-corrected chi connectivity index (χ2v) is 3.86. The van der Waals surface area contributed by atoms with Gasteiger partial charge >= 0.3 is 12.0 Å². The first-order valence-corrected chi connectivity index (χ1v) is 4.74. The van der Waals surface area contributed by atoms with Crippen molar-refractivity contribution < 1.29 is 19.5 Å². The molecule has 3 amide bonds. The van der Waals surface area contributed by atoms with Crippen LogP contribution in [0.2, 0.25) is 0 Å². The van der Waals surface area contributed by atoms with Crippen LogP contribution in [0.4, 0.5) is 4.79 Å². The second kappa shape index (κ2) is 5.45. The van der Waals surface area contributed by atoms with E-state index in [1.165, 1.54) is 27.8 Å². The third kappa shape index (κ3) is 4.26. The highest BCUT2D eigenvalue weighted by molar-refractivity contribution is 5.97. The SMILES string of the molecule is CNC(=O)NC(=O)C(C)NC(C)(C)C(=O)O. The number of carbonyl (C=O) groups is 3. The molecule has 7 heteroatoms. The number of hydrogen-bond acceptors (Lipinski definition) is 4. The van der Waals surface area contributed by atoms with Crippen molar-refractivity contribution in [1.29, 1.82) is 0 Å². The minimum atomic E-state index is -1.24. The molecule has 4 N–H and O–H groups in total. The minimum absolute atomic E-state index is 0.589. The summed E-state index contributed by atoms with van der Waals surface area (Å²) in [4.78, 5) is 33.0. The quantitative estimate of drug-likeness (QED) is 0.511. The Morgan fingerprint density at radius 2 is 1.75 bits per heavy atom. The van der Waals surface area contributed by atoms with Gasteiger partial charge in [-0.05, 0) is 20.8 Å². The number of carbonyl (C=O) groups excluding carboxylic acids is 2. The van der Waals surface area contributed by atoms with E-state index >= 15 is 0 Å². The molecular formula is C9H17N3O4. The lowest BCUT2D eigenvalue weighted by molar-refractivity contribution is -0.144. The van der Waals surface area contributed by atoms with Crippen LogP contribution < -0.4 is 16.0 Å². The van der Waals surface area contributed by atoms with Crippen LogP contribution in [0.5, 0.6) is 0 Å². The fraction of sp³-hybridized carbons (Fsp3) is 0.667. The summed E-state index contributed by atoms with van der Waals surface area (Å²) in [5, 5.41) is 15.7. The van der Waals surface area contributed by atoms with Gasteiger partial charge in [-0.3, -0.25) is 20.2 Å². The molecular weight excluding hydrogens is 214 g/mol. The van der Waals surface area contributed by atoms with E-state index in [0.29, 0.717) is 0 Å². The van der Waals surface area contributed by atoms with E-state index in [2.05, 4.69) is 10.6 Å². The zero-order chi connectivity index (χ0) is 12.9. The van der Waals surface area contributed by atoms with E-state index < -0.39 is 29.5 Å². The molecule has 0 spiro atoms. The number of urea groups is 1. The normalized spacial score (nSPS) is 12.8. The number of amides is 3. The highest BCUT2D eigenvalue weighted by Crippen LogP contribution is 2.03. The fourth-order valence-corrected chi connectivity index (χ4v) is 0.951. The summed E-state index contributed by atoms with van der Waals surface area (Å²) in [7, 11) is 1.38. The Hall–Kier alpha value is -1.63. The highest BCUT2D eigenvalue weighted by Gasteiger charge is 2.30. The van der Waals surface area contributed by atoms with Gasteiger partial charge in [0, 0.05) is 7.05 Å². The molecule has 0 radical (unpaired) electrons. The number of nitrogens with one attached hydrogen (secondary N) is 3. The van der Waals surface area contributed by atoms with Gasteiger partial charge in [-0.25, -0.2) is 4.79 Å². The standard InChI is InChI=1S/C9H17N3O4/c1-5(6(13)11-8(16)10-4)12-9(2,3)7(14)15/h5,12H,1-4H3,(H,14,15)(H2,10,11,13,16). The third-order valence-electron chi connectivity index (χ3n) is 1.97. The van der Waals surface area contributed by atoms with Gasteiger partial charge in [0.2, 0.25) is 5.91 Å². The van der Waals surface area contributed by atoms with Gasteiger partial charge in [0.25, 0.3) is 0 Å². The average molecular weight is 231 g/mol. The summed E-state index contributed by atoms with van der Waals surface area (Å²) >= 11 is 0. The molecule has 16 heavy (non-hydrogen) atoms. The van der Waals surface area contributed by atoms with E-state index in [0.717, 1.165) is 0 Å². The Morgan fingerprint density at radius 1 is 1.25 bits per heavy atom. The number of carboxylic acids is 1. The zero-order valence-corrected chi connectivity index (χ0v) is 9.75. The van der Waals surface area contributed by atoms with Crippen molar-refractivity contribution in [3.63, 3.8) is 0 Å². The Labute approximate surface area is 93.6 Å². The molecule has 0 rings (SSSR count). The Kier molecular flexibility index (Phi) is 4.90. The maximum atomic E-state index is 11.4. The number of imide groups is 1. The molecule has 0 saturated heterocycles. The predicted octanol–water partition coefficient (Wildman–Crippen LogP) is -0.717. The number of rotatable bonds is 4. The largest absolute Gasteiger partial charge is 0.480 e. The first kappa shape index (κ1) is 14.4. The van der Waals surface area contributed by atoms with E-state index in [1.807, 2.05) is 5.32 Å². The Balaban J connectivity index is 4.36. The number of hydrogen-bond donors (Lipinski definition) is 4. The minimum Gasteiger partial charge on any atom is -0.480 e. The van der Waals surface area contributed by atoms with Gasteiger partial charge in [0.15, 0.2) is 0 Å². The van der Waals surface area contributed by atoms with Crippen LogP contribution in [0, 0.1) is 0 Å². The van der Waals surface area contributed by atoms with Crippen molar-refractivity contribution in [3.05, 3.63) is 0 Å². The molecule has 1 unspecified atom stereocenters. The molecule has 0 aliphatic heterocycles. The van der Waals surface area contributed by atoms with Gasteiger partial charge in [0.1, 0.15) is 5.54 Å². The summed E-state index contributed by atoms with van der Waals surface area (Å²) in [6.45, 7) is 4.33. The predicted molar refractivity (Wildman–Crippen MR) is 56.9 cm³/mol. The lowest BCUT2D eigenvalue weighted by Crippen LogP contribution is -2.56. The topological polar surface area (TPSA) is 108 Å². The summed E-state index contributed by atoms with van der Waals surface area (Å²) in [6, 6.07) is -1.42. The van der Waals surface area contributed by atoms with Crippen LogP contribution in [0.15, 0.2) is 0 Å². The Morgan fingerprint density at radius 3 is 2.12 bits per heavy atom. The van der Waals surface area contributed by atoms with Crippen LogP contribution in [-0.2, 0) is 9.59 Å². The van der Waals surface area contributed by atoms with Gasteiger partial charge in [0.05, 0.1) is 6.04 Å². The van der Waals surface area contributed by atoms with Crippen LogP contribution >= 0.6 is 0 Å². The molecule has 0 aliphatic carbocycles. The molecule has 0 saturated carbocycles. The maximum absolute atomic E-state index is 11.4. The average Bonchev–Trinajstić information content (AvgIpc) is 2.16. The maximum Gasteiger partial charge on any atom is 0.323 e. The molecule has 0 aliphatic rings. The van der Waals surface area contributed by atoms with Gasteiger partial charge < -0.3 is 10.4 Å². The van der Waals surface area contributed by atoms with Crippen molar-refractivity contribution >= 4 is 17.9 Å². The smallest absolute Gasteiger partial charge is 0.323 e. The van der Waals surface area contributed by atoms with Crippen LogP contribution in [-0.4, -0.2) is 41.6 Å². The van der Waals surface area contributed by atoms with Crippen molar-refractivity contribution in [3.8, 4) is 0 Å². The first-order valence-electron chi connectivity index (χ1n) is 4.74. The summed E-state index contributed by atoms with van der Waals surface area (Å²) in [5.74, 6) is -1.67. The van der Waals surface area contributed by atoms with Gasteiger partial charge in [-0.15, -0.1) is 0 Å². The van der Waals surface area contributed by atoms with Crippen LogP contribution in [0.25, 0.3) is 0 Å². The first-order chi connectivity index (χ1) is 7.20. The fourth-order valence-electron chi connectivity index (χ4n) is 0.951. The number of aliphatic carboxylic acids is 1. The third-order valence-corrected chi connectivity index (χ3v) is 1.97. The van der Waals surface area contributed by atoms with Crippen molar-refractivity contribution in [2.45, 2.75) is 32.4 Å². The van der Waals surface area contributed by atoms with E-state index in [9.17, 15) is 14.4 Å². The van der Waals surface area contributed by atoms with Crippen molar-refractivity contribution in [2.75, 3.05) is 7.05 Å². The molecule has 0 aromatic heterocycles. The van der Waals surface area contributed by atoms with Gasteiger partial charge in [-0.1, -0.05) is 0 Å². The molecule has 7 nitrogen and oxygen atoms in total. The molecule has 92 valence electrons. The van der Waals surface area contributed by atoms with Crippen LogP contribution in [0.3, 0.4) is 0 Å². The lowest BCUT2D eigenvalue weighted by Gasteiger charge is -2.25. The molecule has 0 aromatic rings. The highest BCUT2D eigenvalue weighted by atomic mass is 16.4. The molecule has 1 atom stereocenters. The van der Waals surface area contributed by atoms with Gasteiger partial charge in [-0.2, -0.15) is 0 Å². The summed E-state index contributed by atoms with van der Waals surface area (Å²) in [6.07, 6.45) is 0. The van der Waals surface area contributed by atoms with Crippen molar-refractivity contribution in [2.24, 2.45) is 0 Å². The van der Waals surface area contributed by atoms with E-state index in [4.69, 9.17) is 5.11 Å². The van der Waals surface area contributed by atoms with Crippen molar-refractivity contribution in [1.82, 2.24) is 16.0 Å². The molecule has 0 bridgehead atoms. The molecule has 0 fully saturated rings. The van der Waals surface area contributed by atoms with Crippen LogP contribution in [0.1, 0.15) is 20.8 Å². The zero-order valence-electron chi connectivity index (χ0n) is 9.75. The second-order valence-electron chi connectivity index (χ2n) is 3.86. The molecule has 0 aromatic carbocycles. The van der Waals surface area contributed by atoms with E-state index in [1.54, 1.807) is 0 Å². The summed E-state index contributed by atoms with van der Waals surface area (Å²) < 4.78 is 0.